The molecule has 3 heterocycles. The number of piperidine rings is 2. The number of aromatic amines is 1. The Morgan fingerprint density at radius 1 is 1.30 bits per heavy atom. The summed E-state index contributed by atoms with van der Waals surface area (Å²) < 4.78 is 18.9. The highest BCUT2D eigenvalue weighted by Crippen LogP contribution is 2.41. The van der Waals surface area contributed by atoms with Crippen molar-refractivity contribution in [1.29, 1.82) is 0 Å². The second-order valence-electron chi connectivity index (χ2n) is 7.73. The number of likely N-dealkylation sites (N-methyl/N-ethyl adjacent to an activating group) is 1. The smallest absolute Gasteiger partial charge is 0.270 e. The Morgan fingerprint density at radius 2 is 2.04 bits per heavy atom. The van der Waals surface area contributed by atoms with Crippen molar-refractivity contribution in [2.45, 2.75) is 25.4 Å². The number of ether oxygens (including phenoxy) is 1. The number of aromatic nitrogens is 1. The van der Waals surface area contributed by atoms with Gasteiger partial charge in [0.1, 0.15) is 11.5 Å². The second-order valence-corrected chi connectivity index (χ2v) is 7.73. The summed E-state index contributed by atoms with van der Waals surface area (Å²) in [7, 11) is 3.50. The molecule has 2 aliphatic heterocycles. The molecule has 2 aliphatic rings. The van der Waals surface area contributed by atoms with Crippen LogP contribution in [0.5, 0.6) is 0 Å². The van der Waals surface area contributed by atoms with Crippen LogP contribution < -0.4 is 0 Å². The Morgan fingerprint density at radius 3 is 2.74 bits per heavy atom. The van der Waals surface area contributed by atoms with Gasteiger partial charge >= 0.3 is 0 Å². The fourth-order valence-corrected chi connectivity index (χ4v) is 4.48. The molecule has 1 N–H and O–H groups in total. The summed E-state index contributed by atoms with van der Waals surface area (Å²) in [6.07, 6.45) is 2.02. The average Bonchev–Trinajstić information content (AvgIpc) is 3.09. The van der Waals surface area contributed by atoms with E-state index in [4.69, 9.17) is 4.74 Å². The van der Waals surface area contributed by atoms with Gasteiger partial charge in [0.05, 0.1) is 11.5 Å². The van der Waals surface area contributed by atoms with Crippen molar-refractivity contribution in [3.63, 3.8) is 0 Å². The van der Waals surface area contributed by atoms with Crippen molar-refractivity contribution in [3.05, 3.63) is 35.8 Å². The Bertz CT molecular complexity index is 886. The predicted molar refractivity (Wildman–Crippen MR) is 98.9 cm³/mol. The van der Waals surface area contributed by atoms with E-state index in [1.807, 2.05) is 7.05 Å². The lowest BCUT2D eigenvalue weighted by Gasteiger charge is -2.47. The molecule has 2 fully saturated rings. The van der Waals surface area contributed by atoms with Crippen LogP contribution in [-0.4, -0.2) is 66.5 Å². The van der Waals surface area contributed by atoms with Crippen molar-refractivity contribution in [2.24, 2.45) is 5.41 Å². The molecule has 2 amide bonds. The zero-order valence-electron chi connectivity index (χ0n) is 15.6. The lowest BCUT2D eigenvalue weighted by molar-refractivity contribution is -0.155. The van der Waals surface area contributed by atoms with Gasteiger partial charge in [0.15, 0.2) is 0 Å². The van der Waals surface area contributed by atoms with Gasteiger partial charge in [0, 0.05) is 44.7 Å². The molecule has 4 rings (SSSR count). The fourth-order valence-electron chi connectivity index (χ4n) is 4.48. The Kier molecular flexibility index (Phi) is 4.42. The maximum Gasteiger partial charge on any atom is 0.270 e. The minimum atomic E-state index is -0.436. The van der Waals surface area contributed by atoms with E-state index in [1.54, 1.807) is 29.0 Å². The van der Waals surface area contributed by atoms with E-state index in [0.29, 0.717) is 50.0 Å². The van der Waals surface area contributed by atoms with Gasteiger partial charge in [0.25, 0.3) is 5.91 Å². The molecule has 0 aliphatic carbocycles. The third-order valence-electron chi connectivity index (χ3n) is 6.05. The number of likely N-dealkylation sites (tertiary alicyclic amines) is 2. The number of benzene rings is 1. The zero-order valence-corrected chi connectivity index (χ0v) is 15.6. The first-order valence-corrected chi connectivity index (χ1v) is 9.28. The Hall–Kier alpha value is -2.41. The number of nitrogens with zero attached hydrogens (tertiary/aromatic N) is 2. The van der Waals surface area contributed by atoms with Crippen LogP contribution in [0.4, 0.5) is 4.39 Å². The first-order valence-electron chi connectivity index (χ1n) is 9.28. The predicted octanol–water partition coefficient (Wildman–Crippen LogP) is 2.41. The lowest BCUT2D eigenvalue weighted by Crippen LogP contribution is -2.57. The largest absolute Gasteiger partial charge is 0.380 e. The number of hydrogen-bond donors (Lipinski definition) is 1. The van der Waals surface area contributed by atoms with E-state index in [-0.39, 0.29) is 23.7 Å². The summed E-state index contributed by atoms with van der Waals surface area (Å²) in [6, 6.07) is 6.10. The highest BCUT2D eigenvalue weighted by Gasteiger charge is 2.48. The third kappa shape index (κ3) is 3.10. The summed E-state index contributed by atoms with van der Waals surface area (Å²) in [4.78, 5) is 32.3. The van der Waals surface area contributed by atoms with E-state index in [9.17, 15) is 14.0 Å². The molecule has 1 atom stereocenters. The molecule has 1 spiro atoms. The molecule has 1 unspecified atom stereocenters. The maximum absolute atomic E-state index is 13.4. The van der Waals surface area contributed by atoms with Gasteiger partial charge in [-0.15, -0.1) is 0 Å². The quantitative estimate of drug-likeness (QED) is 0.879. The molecule has 1 aromatic heterocycles. The summed E-state index contributed by atoms with van der Waals surface area (Å²) >= 11 is 0. The van der Waals surface area contributed by atoms with Crippen molar-refractivity contribution in [2.75, 3.05) is 33.8 Å². The van der Waals surface area contributed by atoms with Gasteiger partial charge in [-0.25, -0.2) is 4.39 Å². The number of nitrogens with one attached hydrogen (secondary N) is 1. The van der Waals surface area contributed by atoms with Gasteiger partial charge < -0.3 is 19.5 Å². The number of H-pyrrole nitrogens is 1. The van der Waals surface area contributed by atoms with Gasteiger partial charge in [-0.05, 0) is 43.5 Å². The number of halogens is 1. The number of hydrogen-bond acceptors (Lipinski definition) is 3. The summed E-state index contributed by atoms with van der Waals surface area (Å²) in [5.41, 5.74) is 0.752. The molecule has 0 saturated carbocycles. The summed E-state index contributed by atoms with van der Waals surface area (Å²) in [5.74, 6) is -0.279. The van der Waals surface area contributed by atoms with Crippen LogP contribution in [0.15, 0.2) is 24.3 Å². The van der Waals surface area contributed by atoms with Crippen LogP contribution >= 0.6 is 0 Å². The number of rotatable bonds is 2. The minimum absolute atomic E-state index is 0.0403. The van der Waals surface area contributed by atoms with Crippen LogP contribution in [0.2, 0.25) is 0 Å². The number of methoxy groups -OCH3 is 1. The van der Waals surface area contributed by atoms with Gasteiger partial charge in [-0.3, -0.25) is 9.59 Å². The first-order chi connectivity index (χ1) is 12.9. The molecule has 2 aromatic rings. The van der Waals surface area contributed by atoms with Gasteiger partial charge in [-0.2, -0.15) is 0 Å². The van der Waals surface area contributed by atoms with Gasteiger partial charge in [-0.1, -0.05) is 0 Å². The molecular formula is C20H24FN3O3. The molecule has 0 bridgehead atoms. The van der Waals surface area contributed by atoms with Crippen molar-refractivity contribution in [1.82, 2.24) is 14.8 Å². The molecule has 7 heteroatoms. The van der Waals surface area contributed by atoms with Crippen LogP contribution in [0.3, 0.4) is 0 Å². The van der Waals surface area contributed by atoms with E-state index in [2.05, 4.69) is 4.98 Å². The van der Waals surface area contributed by atoms with Crippen molar-refractivity contribution < 1.29 is 18.7 Å². The van der Waals surface area contributed by atoms with E-state index in [0.717, 1.165) is 5.52 Å². The minimum Gasteiger partial charge on any atom is -0.380 e. The molecule has 6 nitrogen and oxygen atoms in total. The Balaban J connectivity index is 1.49. The normalized spacial score (nSPS) is 22.6. The maximum atomic E-state index is 13.4. The average molecular weight is 373 g/mol. The van der Waals surface area contributed by atoms with Crippen LogP contribution in [0.25, 0.3) is 10.9 Å². The lowest BCUT2D eigenvalue weighted by atomic mass is 9.71. The molecule has 2 saturated heterocycles. The number of fused-ring (bicyclic) bond motifs is 1. The molecule has 27 heavy (non-hydrogen) atoms. The SMILES string of the molecule is COC1CN(C)C(=O)C2(CCN(C(=O)c3cc4cc(F)ccc4[nH]3)CC2)C1. The number of carbonyl (C=O) groups excluding carboxylic acids is 2. The standard InChI is InChI=1S/C20H24FN3O3/c1-23-12-15(27-2)11-20(19(23)26)5-7-24(8-6-20)18(25)17-10-13-9-14(21)3-4-16(13)22-17/h3-4,9-10,15,22H,5-8,11-12H2,1-2H3. The van der Waals surface area contributed by atoms with Gasteiger partial charge in [0.2, 0.25) is 5.91 Å². The van der Waals surface area contributed by atoms with E-state index in [1.165, 1.54) is 12.1 Å². The fraction of sp³-hybridized carbons (Fsp3) is 0.500. The molecular weight excluding hydrogens is 349 g/mol. The van der Waals surface area contributed by atoms with E-state index >= 15 is 0 Å². The molecule has 1 aromatic carbocycles. The highest BCUT2D eigenvalue weighted by atomic mass is 19.1. The zero-order chi connectivity index (χ0) is 19.2. The number of carbonyl (C=O) groups is 2. The first kappa shape index (κ1) is 18.0. The molecule has 0 radical (unpaired) electrons. The van der Waals surface area contributed by atoms with Crippen LogP contribution in [0.1, 0.15) is 29.8 Å². The monoisotopic (exact) mass is 373 g/mol. The summed E-state index contributed by atoms with van der Waals surface area (Å²) in [5, 5.41) is 0.679. The highest BCUT2D eigenvalue weighted by molar-refractivity contribution is 5.98. The molecule has 144 valence electrons. The Labute approximate surface area is 157 Å². The van der Waals surface area contributed by atoms with Crippen molar-refractivity contribution in [3.8, 4) is 0 Å². The number of amides is 2. The van der Waals surface area contributed by atoms with E-state index < -0.39 is 5.41 Å². The third-order valence-corrected chi connectivity index (χ3v) is 6.05. The topological polar surface area (TPSA) is 65.6 Å². The van der Waals surface area contributed by atoms with Crippen LogP contribution in [-0.2, 0) is 9.53 Å². The van der Waals surface area contributed by atoms with Crippen molar-refractivity contribution >= 4 is 22.7 Å². The summed E-state index contributed by atoms with van der Waals surface area (Å²) in [6.45, 7) is 1.67. The van der Waals surface area contributed by atoms with Crippen LogP contribution in [0, 0.1) is 11.2 Å². The second kappa shape index (κ2) is 6.64.